The molecule has 1 fully saturated rings. The molecule has 1 aliphatic rings. The molecule has 2 rings (SSSR count). The number of carbonyl (C=O) groups excluding carboxylic acids is 1. The highest BCUT2D eigenvalue weighted by Crippen LogP contribution is 2.23. The topological polar surface area (TPSA) is 78.4 Å². The average molecular weight is 304 g/mol. The van der Waals surface area contributed by atoms with Gasteiger partial charge in [0.15, 0.2) is 0 Å². The lowest BCUT2D eigenvalue weighted by atomic mass is 9.87. The maximum absolute atomic E-state index is 12.1. The number of anilines is 1. The smallest absolute Gasteiger partial charge is 0.319 e. The molecule has 5 nitrogen and oxygen atoms in total. The Labute approximate surface area is 131 Å². The molecular weight excluding hydrogens is 280 g/mol. The Morgan fingerprint density at radius 2 is 1.68 bits per heavy atom. The van der Waals surface area contributed by atoms with Crippen LogP contribution in [-0.2, 0) is 4.79 Å². The van der Waals surface area contributed by atoms with Gasteiger partial charge in [-0.15, -0.1) is 0 Å². The number of aryl methyl sites for hydroxylation is 1. The molecule has 2 atom stereocenters. The minimum atomic E-state index is -0.817. The van der Waals surface area contributed by atoms with E-state index in [-0.39, 0.29) is 12.1 Å². The fourth-order valence-electron chi connectivity index (χ4n) is 2.93. The number of urea groups is 1. The molecule has 0 bridgehead atoms. The average Bonchev–Trinajstić information content (AvgIpc) is 2.44. The predicted octanol–water partition coefficient (Wildman–Crippen LogP) is 3.54. The number of amides is 2. The van der Waals surface area contributed by atoms with E-state index >= 15 is 0 Å². The van der Waals surface area contributed by atoms with Crippen molar-refractivity contribution in [2.75, 3.05) is 5.32 Å². The van der Waals surface area contributed by atoms with Gasteiger partial charge in [0, 0.05) is 11.7 Å². The van der Waals surface area contributed by atoms with Crippen molar-refractivity contribution in [3.05, 3.63) is 29.8 Å². The van der Waals surface area contributed by atoms with Crippen molar-refractivity contribution in [1.29, 1.82) is 0 Å². The summed E-state index contributed by atoms with van der Waals surface area (Å²) in [5.74, 6) is -1.31. The zero-order valence-electron chi connectivity index (χ0n) is 13.0. The molecule has 1 saturated carbocycles. The summed E-state index contributed by atoms with van der Waals surface area (Å²) in [5, 5.41) is 15.0. The predicted molar refractivity (Wildman–Crippen MR) is 85.9 cm³/mol. The molecule has 1 aliphatic carbocycles. The molecule has 2 unspecified atom stereocenters. The van der Waals surface area contributed by atoms with Crippen molar-refractivity contribution < 1.29 is 14.7 Å². The lowest BCUT2D eigenvalue weighted by molar-refractivity contribution is -0.143. The summed E-state index contributed by atoms with van der Waals surface area (Å²) in [6.45, 7) is 1.98. The number of carboxylic acid groups (broad SMARTS) is 1. The third-order valence-electron chi connectivity index (χ3n) is 4.21. The Morgan fingerprint density at radius 1 is 1.05 bits per heavy atom. The number of benzene rings is 1. The van der Waals surface area contributed by atoms with Crippen LogP contribution in [0.15, 0.2) is 24.3 Å². The van der Waals surface area contributed by atoms with Crippen LogP contribution >= 0.6 is 0 Å². The molecule has 1 aromatic rings. The highest BCUT2D eigenvalue weighted by molar-refractivity contribution is 5.89. The van der Waals surface area contributed by atoms with Crippen LogP contribution in [0, 0.1) is 12.8 Å². The van der Waals surface area contributed by atoms with E-state index in [1.807, 2.05) is 31.2 Å². The number of carbonyl (C=O) groups is 2. The second-order valence-electron chi connectivity index (χ2n) is 6.01. The van der Waals surface area contributed by atoms with Crippen molar-refractivity contribution in [3.63, 3.8) is 0 Å². The van der Waals surface area contributed by atoms with Crippen LogP contribution in [0.4, 0.5) is 10.5 Å². The van der Waals surface area contributed by atoms with Gasteiger partial charge >= 0.3 is 12.0 Å². The van der Waals surface area contributed by atoms with Gasteiger partial charge in [0.2, 0.25) is 0 Å². The second-order valence-corrected chi connectivity index (χ2v) is 6.01. The molecule has 5 heteroatoms. The van der Waals surface area contributed by atoms with Gasteiger partial charge in [-0.1, -0.05) is 43.4 Å². The van der Waals surface area contributed by atoms with E-state index in [0.717, 1.165) is 37.7 Å². The summed E-state index contributed by atoms with van der Waals surface area (Å²) in [4.78, 5) is 23.6. The van der Waals surface area contributed by atoms with Crippen molar-refractivity contribution in [2.45, 2.75) is 51.5 Å². The van der Waals surface area contributed by atoms with Gasteiger partial charge in [-0.2, -0.15) is 0 Å². The Kier molecular flexibility index (Phi) is 5.81. The molecule has 2 amide bonds. The van der Waals surface area contributed by atoms with Gasteiger partial charge in [0.25, 0.3) is 0 Å². The number of hydrogen-bond donors (Lipinski definition) is 3. The van der Waals surface area contributed by atoms with Gasteiger partial charge in [0.05, 0.1) is 5.92 Å². The molecule has 0 aromatic heterocycles. The first-order valence-corrected chi connectivity index (χ1v) is 7.93. The summed E-state index contributed by atoms with van der Waals surface area (Å²) in [6, 6.07) is 6.88. The molecule has 0 saturated heterocycles. The molecule has 120 valence electrons. The second kappa shape index (κ2) is 7.82. The zero-order valence-corrected chi connectivity index (χ0v) is 13.0. The van der Waals surface area contributed by atoms with Crippen molar-refractivity contribution in [2.24, 2.45) is 5.92 Å². The van der Waals surface area contributed by atoms with Crippen LogP contribution in [-0.4, -0.2) is 23.1 Å². The van der Waals surface area contributed by atoms with Crippen LogP contribution in [0.25, 0.3) is 0 Å². The SMILES string of the molecule is Cc1ccc(NC(=O)NC2CCCCCCC2C(=O)O)cc1. The monoisotopic (exact) mass is 304 g/mol. The van der Waals surface area contributed by atoms with Crippen LogP contribution in [0.2, 0.25) is 0 Å². The fourth-order valence-corrected chi connectivity index (χ4v) is 2.93. The first kappa shape index (κ1) is 16.3. The largest absolute Gasteiger partial charge is 0.481 e. The quantitative estimate of drug-likeness (QED) is 0.799. The van der Waals surface area contributed by atoms with Crippen LogP contribution < -0.4 is 10.6 Å². The van der Waals surface area contributed by atoms with E-state index in [4.69, 9.17) is 0 Å². The van der Waals surface area contributed by atoms with E-state index in [1.165, 1.54) is 0 Å². The van der Waals surface area contributed by atoms with E-state index in [0.29, 0.717) is 12.1 Å². The Morgan fingerprint density at radius 3 is 2.32 bits per heavy atom. The van der Waals surface area contributed by atoms with Crippen LogP contribution in [0.3, 0.4) is 0 Å². The van der Waals surface area contributed by atoms with Gasteiger partial charge < -0.3 is 15.7 Å². The summed E-state index contributed by atoms with van der Waals surface area (Å²) in [6.07, 6.45) is 5.40. The molecule has 0 aliphatic heterocycles. The maximum atomic E-state index is 12.1. The van der Waals surface area contributed by atoms with Crippen molar-refractivity contribution in [1.82, 2.24) is 5.32 Å². The summed E-state index contributed by atoms with van der Waals surface area (Å²) >= 11 is 0. The van der Waals surface area contributed by atoms with E-state index in [2.05, 4.69) is 10.6 Å². The number of rotatable bonds is 3. The van der Waals surface area contributed by atoms with Gasteiger partial charge in [-0.05, 0) is 31.9 Å². The summed E-state index contributed by atoms with van der Waals surface area (Å²) in [7, 11) is 0. The zero-order chi connectivity index (χ0) is 15.9. The van der Waals surface area contributed by atoms with Crippen molar-refractivity contribution >= 4 is 17.7 Å². The summed E-state index contributed by atoms with van der Waals surface area (Å²) in [5.41, 5.74) is 1.83. The molecule has 0 radical (unpaired) electrons. The van der Waals surface area contributed by atoms with Gasteiger partial charge in [-0.3, -0.25) is 4.79 Å². The number of aliphatic carboxylic acids is 1. The molecule has 0 heterocycles. The third-order valence-corrected chi connectivity index (χ3v) is 4.21. The lowest BCUT2D eigenvalue weighted by Gasteiger charge is -2.27. The van der Waals surface area contributed by atoms with E-state index in [1.54, 1.807) is 0 Å². The van der Waals surface area contributed by atoms with E-state index < -0.39 is 11.9 Å². The third kappa shape index (κ3) is 4.76. The first-order chi connectivity index (χ1) is 10.6. The highest BCUT2D eigenvalue weighted by Gasteiger charge is 2.29. The summed E-state index contributed by atoms with van der Waals surface area (Å²) < 4.78 is 0. The molecular formula is C17H24N2O3. The van der Waals surface area contributed by atoms with Crippen LogP contribution in [0.5, 0.6) is 0 Å². The molecule has 0 spiro atoms. The fraction of sp³-hybridized carbons (Fsp3) is 0.529. The number of carboxylic acids is 1. The van der Waals surface area contributed by atoms with Crippen LogP contribution in [0.1, 0.15) is 44.1 Å². The Hall–Kier alpha value is -2.04. The van der Waals surface area contributed by atoms with Crippen molar-refractivity contribution in [3.8, 4) is 0 Å². The van der Waals surface area contributed by atoms with E-state index in [9.17, 15) is 14.7 Å². The maximum Gasteiger partial charge on any atom is 0.319 e. The normalized spacial score (nSPS) is 22.2. The minimum Gasteiger partial charge on any atom is -0.481 e. The highest BCUT2D eigenvalue weighted by atomic mass is 16.4. The molecule has 22 heavy (non-hydrogen) atoms. The first-order valence-electron chi connectivity index (χ1n) is 7.93. The standard InChI is InChI=1S/C17H24N2O3/c1-12-8-10-13(11-9-12)18-17(22)19-15-7-5-3-2-4-6-14(15)16(20)21/h8-11,14-15H,2-7H2,1H3,(H,20,21)(H2,18,19,22). The Balaban J connectivity index is 1.97. The van der Waals surface area contributed by atoms with Gasteiger partial charge in [0.1, 0.15) is 0 Å². The minimum absolute atomic E-state index is 0.303. The number of nitrogens with one attached hydrogen (secondary N) is 2. The van der Waals surface area contributed by atoms with Gasteiger partial charge in [-0.25, -0.2) is 4.79 Å². The Bertz CT molecular complexity index is 513. The lowest BCUT2D eigenvalue weighted by Crippen LogP contribution is -2.45. The number of hydrogen-bond acceptors (Lipinski definition) is 2. The molecule has 1 aromatic carbocycles. The molecule has 3 N–H and O–H groups in total.